The average Bonchev–Trinajstić information content (AvgIpc) is 3.46. The normalized spacial score (nSPS) is 14.7. The lowest BCUT2D eigenvalue weighted by Crippen LogP contribution is -2.29. The molecule has 0 unspecified atom stereocenters. The highest BCUT2D eigenvalue weighted by atomic mass is 16.7. The molecule has 1 aromatic heterocycles. The van der Waals surface area contributed by atoms with E-state index >= 15 is 0 Å². The maximum Gasteiger partial charge on any atom is 0.247 e. The Hall–Kier alpha value is -4.35. The Morgan fingerprint density at radius 1 is 1.12 bits per heavy atom. The highest BCUT2D eigenvalue weighted by Crippen LogP contribution is 2.39. The molecule has 3 aromatic rings. The van der Waals surface area contributed by atoms with Gasteiger partial charge >= 0.3 is 0 Å². The van der Waals surface area contributed by atoms with Gasteiger partial charge in [-0.05, 0) is 43.9 Å². The Morgan fingerprint density at radius 3 is 2.67 bits per heavy atom. The second-order valence-corrected chi connectivity index (χ2v) is 9.61. The van der Waals surface area contributed by atoms with E-state index in [4.69, 9.17) is 14.3 Å². The van der Waals surface area contributed by atoms with Crippen LogP contribution in [0.5, 0.6) is 11.5 Å². The number of benzene rings is 2. The van der Waals surface area contributed by atoms with Crippen LogP contribution in [0.4, 0.5) is 28.7 Å². The van der Waals surface area contributed by atoms with E-state index in [1.165, 1.54) is 12.4 Å². The molecule has 2 aromatic carbocycles. The smallest absolute Gasteiger partial charge is 0.247 e. The Bertz CT molecular complexity index is 1330. The molecular formula is C29H37N7O4. The first-order valence-electron chi connectivity index (χ1n) is 13.0. The monoisotopic (exact) mass is 547 g/mol. The van der Waals surface area contributed by atoms with Gasteiger partial charge in [0, 0.05) is 38.7 Å². The number of rotatable bonds is 12. The fraction of sp³-hybridized carbons (Fsp3) is 0.345. The van der Waals surface area contributed by atoms with Crippen molar-refractivity contribution in [1.29, 1.82) is 0 Å². The van der Waals surface area contributed by atoms with Crippen LogP contribution in [0.25, 0.3) is 0 Å². The molecule has 4 rings (SSSR count). The molecule has 2 heterocycles. The van der Waals surface area contributed by atoms with Crippen LogP contribution in [-0.4, -0.2) is 75.8 Å². The molecule has 11 nitrogen and oxygen atoms in total. The molecule has 1 amide bonds. The van der Waals surface area contributed by atoms with Crippen molar-refractivity contribution in [1.82, 2.24) is 14.9 Å². The summed E-state index contributed by atoms with van der Waals surface area (Å²) in [5.41, 5.74) is 3.13. The maximum absolute atomic E-state index is 12.3. The number of ether oxygens (including phenoxy) is 2. The van der Waals surface area contributed by atoms with Crippen LogP contribution in [0.2, 0.25) is 0 Å². The molecule has 1 atom stereocenters. The number of likely N-dealkylation sites (N-methyl/N-ethyl adjacent to an activating group) is 2. The topological polar surface area (TPSA) is 104 Å². The van der Waals surface area contributed by atoms with Crippen molar-refractivity contribution in [2.75, 3.05) is 75.7 Å². The minimum absolute atomic E-state index is 0.0231. The fourth-order valence-electron chi connectivity index (χ4n) is 4.43. The van der Waals surface area contributed by atoms with Crippen molar-refractivity contribution < 1.29 is 19.1 Å². The second-order valence-electron chi connectivity index (χ2n) is 9.61. The number of nitrogens with zero attached hydrogens (tertiary/aromatic N) is 5. The Morgan fingerprint density at radius 2 is 1.95 bits per heavy atom. The number of hydrogen-bond donors (Lipinski definition) is 2. The van der Waals surface area contributed by atoms with E-state index in [1.807, 2.05) is 57.5 Å². The van der Waals surface area contributed by atoms with E-state index in [-0.39, 0.29) is 11.9 Å². The van der Waals surface area contributed by atoms with Crippen LogP contribution in [0.3, 0.4) is 0 Å². The zero-order chi connectivity index (χ0) is 28.6. The zero-order valence-corrected chi connectivity index (χ0v) is 23.7. The van der Waals surface area contributed by atoms with E-state index in [1.54, 1.807) is 19.3 Å². The molecule has 0 aliphatic carbocycles. The summed E-state index contributed by atoms with van der Waals surface area (Å²) in [7, 11) is 9.27. The van der Waals surface area contributed by atoms with Gasteiger partial charge in [-0.25, -0.2) is 15.0 Å². The van der Waals surface area contributed by atoms with Gasteiger partial charge in [0.25, 0.3) is 0 Å². The number of amides is 1. The van der Waals surface area contributed by atoms with Crippen LogP contribution in [-0.2, 0) is 9.63 Å². The summed E-state index contributed by atoms with van der Waals surface area (Å²) in [5, 5.41) is 8.05. The molecule has 2 N–H and O–H groups in total. The SMILES string of the molecule is C=CC(=O)Nc1cc(Nc2cc(N3OCC[C@@H]3c3cccc(OC)c3)ncn2)c(OC)cc1N(C)CCN(C)C. The molecule has 1 fully saturated rings. The van der Waals surface area contributed by atoms with Crippen LogP contribution in [0.15, 0.2) is 61.4 Å². The van der Waals surface area contributed by atoms with Gasteiger partial charge in [0.15, 0.2) is 5.82 Å². The highest BCUT2D eigenvalue weighted by molar-refractivity contribution is 6.02. The molecule has 11 heteroatoms. The van der Waals surface area contributed by atoms with E-state index < -0.39 is 0 Å². The Labute approximate surface area is 235 Å². The summed E-state index contributed by atoms with van der Waals surface area (Å²) in [6, 6.07) is 13.5. The summed E-state index contributed by atoms with van der Waals surface area (Å²) in [4.78, 5) is 31.3. The molecule has 0 spiro atoms. The average molecular weight is 548 g/mol. The first kappa shape index (κ1) is 28.7. The number of methoxy groups -OCH3 is 2. The number of carbonyl (C=O) groups is 1. The van der Waals surface area contributed by atoms with Crippen LogP contribution in [0.1, 0.15) is 18.0 Å². The summed E-state index contributed by atoms with van der Waals surface area (Å²) in [6.07, 6.45) is 3.54. The molecular weight excluding hydrogens is 510 g/mol. The molecule has 212 valence electrons. The van der Waals surface area contributed by atoms with Crippen molar-refractivity contribution in [3.05, 3.63) is 67.0 Å². The van der Waals surface area contributed by atoms with Gasteiger partial charge in [-0.2, -0.15) is 0 Å². The summed E-state index contributed by atoms with van der Waals surface area (Å²) in [5.74, 6) is 2.23. The third-order valence-corrected chi connectivity index (χ3v) is 6.58. The summed E-state index contributed by atoms with van der Waals surface area (Å²) >= 11 is 0. The lowest BCUT2D eigenvalue weighted by molar-refractivity contribution is -0.111. The number of anilines is 5. The quantitative estimate of drug-likeness (QED) is 0.320. The minimum Gasteiger partial charge on any atom is -0.497 e. The molecule has 0 saturated carbocycles. The molecule has 1 aliphatic heterocycles. The molecule has 1 aliphatic rings. The third kappa shape index (κ3) is 6.80. The zero-order valence-electron chi connectivity index (χ0n) is 23.7. The van der Waals surface area contributed by atoms with Crippen LogP contribution in [0, 0.1) is 0 Å². The van der Waals surface area contributed by atoms with E-state index in [2.05, 4.69) is 43.0 Å². The number of hydrogen-bond acceptors (Lipinski definition) is 10. The lowest BCUT2D eigenvalue weighted by Gasteiger charge is -2.26. The third-order valence-electron chi connectivity index (χ3n) is 6.58. The van der Waals surface area contributed by atoms with Crippen molar-refractivity contribution >= 4 is 34.6 Å². The lowest BCUT2D eigenvalue weighted by atomic mass is 10.0. The standard InChI is InChI=1S/C29H37N7O4/c1-7-29(37)33-22-16-23(26(39-6)17-25(22)35(4)13-12-34(2)3)32-27-18-28(31-19-30-27)36-24(11-14-40-36)20-9-8-10-21(15-20)38-5/h7-10,15-19,24H,1,11-14H2,2-6H3,(H,33,37)(H,30,31,32)/t24-/m1/s1. The van der Waals surface area contributed by atoms with Crippen LogP contribution >= 0.6 is 0 Å². The van der Waals surface area contributed by atoms with Crippen molar-refractivity contribution in [3.8, 4) is 11.5 Å². The molecule has 0 radical (unpaired) electrons. The first-order valence-corrected chi connectivity index (χ1v) is 13.0. The Kier molecular flexibility index (Phi) is 9.41. The van der Waals surface area contributed by atoms with Gasteiger partial charge in [0.1, 0.15) is 23.6 Å². The van der Waals surface area contributed by atoms with E-state index in [9.17, 15) is 4.79 Å². The van der Waals surface area contributed by atoms with Gasteiger partial charge in [-0.1, -0.05) is 18.7 Å². The van der Waals surface area contributed by atoms with Gasteiger partial charge in [-0.15, -0.1) is 0 Å². The van der Waals surface area contributed by atoms with Crippen molar-refractivity contribution in [2.45, 2.75) is 12.5 Å². The van der Waals surface area contributed by atoms with E-state index in [0.717, 1.165) is 36.5 Å². The summed E-state index contributed by atoms with van der Waals surface area (Å²) < 4.78 is 11.1. The second kappa shape index (κ2) is 13.1. The predicted octanol–water partition coefficient (Wildman–Crippen LogP) is 4.24. The predicted molar refractivity (Wildman–Crippen MR) is 158 cm³/mol. The van der Waals surface area contributed by atoms with Gasteiger partial charge < -0.3 is 29.9 Å². The minimum atomic E-state index is -0.308. The number of hydroxylamine groups is 1. The number of aromatic nitrogens is 2. The van der Waals surface area contributed by atoms with Gasteiger partial charge in [0.2, 0.25) is 5.91 Å². The number of carbonyl (C=O) groups excluding carboxylic acids is 1. The van der Waals surface area contributed by atoms with Gasteiger partial charge in [-0.3, -0.25) is 9.63 Å². The van der Waals surface area contributed by atoms with Crippen molar-refractivity contribution in [3.63, 3.8) is 0 Å². The highest BCUT2D eigenvalue weighted by Gasteiger charge is 2.29. The van der Waals surface area contributed by atoms with E-state index in [0.29, 0.717) is 35.4 Å². The first-order chi connectivity index (χ1) is 19.3. The van der Waals surface area contributed by atoms with Crippen molar-refractivity contribution in [2.24, 2.45) is 0 Å². The van der Waals surface area contributed by atoms with Gasteiger partial charge in [0.05, 0.1) is 43.9 Å². The number of nitrogens with one attached hydrogen (secondary N) is 2. The molecule has 40 heavy (non-hydrogen) atoms. The Balaban J connectivity index is 1.63. The summed E-state index contributed by atoms with van der Waals surface area (Å²) in [6.45, 7) is 5.74. The molecule has 1 saturated heterocycles. The fourth-order valence-corrected chi connectivity index (χ4v) is 4.43. The maximum atomic E-state index is 12.3. The molecule has 0 bridgehead atoms. The van der Waals surface area contributed by atoms with Crippen LogP contribution < -0.4 is 30.1 Å². The largest absolute Gasteiger partial charge is 0.497 e.